The molecular formula is C24H21F3N2O3S2. The van der Waals surface area contributed by atoms with Crippen molar-refractivity contribution in [2.24, 2.45) is 5.18 Å². The van der Waals surface area contributed by atoms with Crippen LogP contribution < -0.4 is 4.74 Å². The highest BCUT2D eigenvalue weighted by Crippen LogP contribution is 2.38. The number of rotatable bonds is 8. The lowest BCUT2D eigenvalue weighted by Gasteiger charge is -2.15. The minimum atomic E-state index is -4.38. The highest BCUT2D eigenvalue weighted by molar-refractivity contribution is 8.03. The first-order chi connectivity index (χ1) is 16.0. The first-order valence-corrected chi connectivity index (χ1v) is 11.7. The maximum absolute atomic E-state index is 12.8. The lowest BCUT2D eigenvalue weighted by atomic mass is 10.1. The number of thiazole rings is 1. The molecule has 3 aromatic rings. The van der Waals surface area contributed by atoms with Gasteiger partial charge in [-0.15, -0.1) is 16.2 Å². The molecule has 1 heterocycles. The number of halogens is 3. The number of carbonyl (C=O) groups is 1. The molecule has 0 N–H and O–H groups in total. The van der Waals surface area contributed by atoms with Crippen molar-refractivity contribution in [1.82, 2.24) is 4.98 Å². The van der Waals surface area contributed by atoms with Crippen LogP contribution in [0, 0.1) is 25.7 Å². The third kappa shape index (κ3) is 6.12. The zero-order chi connectivity index (χ0) is 25.0. The number of nitrogens with zero attached hydrogens (tertiary/aromatic N) is 2. The van der Waals surface area contributed by atoms with E-state index in [1.807, 2.05) is 32.9 Å². The van der Waals surface area contributed by atoms with Crippen molar-refractivity contribution >= 4 is 29.0 Å². The predicted molar refractivity (Wildman–Crippen MR) is 128 cm³/mol. The molecule has 0 spiro atoms. The van der Waals surface area contributed by atoms with Crippen molar-refractivity contribution < 1.29 is 22.7 Å². The largest absolute Gasteiger partial charge is 0.488 e. The standard InChI is InChI=1S/C24H21F3N2O3S2/c1-13-5-10-19(15(3)22(13)33-14(2)11-21(30)29-31)32-12-20-16(4)28-23(34-20)17-6-8-18(9-7-17)24(25,26)27/h5-10H,2,11-12H2,1,3-4H3. The molecular weight excluding hydrogens is 485 g/mol. The van der Waals surface area contributed by atoms with E-state index in [4.69, 9.17) is 4.74 Å². The quantitative estimate of drug-likeness (QED) is 0.232. The number of hydrogen-bond acceptors (Lipinski definition) is 6. The van der Waals surface area contributed by atoms with Crippen LogP contribution in [0.4, 0.5) is 13.2 Å². The normalized spacial score (nSPS) is 11.4. The fraction of sp³-hybridized carbons (Fsp3) is 0.250. The molecule has 0 atom stereocenters. The number of amides is 1. The first kappa shape index (κ1) is 25.6. The van der Waals surface area contributed by atoms with E-state index in [1.54, 1.807) is 0 Å². The van der Waals surface area contributed by atoms with Crippen LogP contribution in [0.25, 0.3) is 10.6 Å². The summed E-state index contributed by atoms with van der Waals surface area (Å²) >= 11 is 2.66. The molecule has 0 saturated heterocycles. The molecule has 0 saturated carbocycles. The fourth-order valence-corrected chi connectivity index (χ4v) is 5.08. The lowest BCUT2D eigenvalue weighted by Crippen LogP contribution is -2.03. The van der Waals surface area contributed by atoms with Crippen LogP contribution in [-0.4, -0.2) is 10.9 Å². The summed E-state index contributed by atoms with van der Waals surface area (Å²) in [6.07, 6.45) is -4.52. The van der Waals surface area contributed by atoms with Crippen LogP contribution in [0.5, 0.6) is 5.75 Å². The van der Waals surface area contributed by atoms with Crippen molar-refractivity contribution in [2.45, 2.75) is 44.9 Å². The van der Waals surface area contributed by atoms with E-state index in [-0.39, 0.29) is 13.0 Å². The Kier molecular flexibility index (Phi) is 7.93. The number of alkyl halides is 3. The molecule has 10 heteroatoms. The van der Waals surface area contributed by atoms with E-state index >= 15 is 0 Å². The van der Waals surface area contributed by atoms with Crippen molar-refractivity contribution in [3.05, 3.63) is 80.1 Å². The number of carbonyl (C=O) groups excluding carboxylic acids is 1. The van der Waals surface area contributed by atoms with Gasteiger partial charge in [-0.25, -0.2) is 4.98 Å². The Morgan fingerprint density at radius 3 is 2.44 bits per heavy atom. The van der Waals surface area contributed by atoms with E-state index in [9.17, 15) is 22.9 Å². The van der Waals surface area contributed by atoms with Crippen molar-refractivity contribution in [1.29, 1.82) is 0 Å². The van der Waals surface area contributed by atoms with Gasteiger partial charge in [-0.1, -0.05) is 36.5 Å². The second-order valence-electron chi connectivity index (χ2n) is 7.53. The fourth-order valence-electron chi connectivity index (χ4n) is 3.13. The van der Waals surface area contributed by atoms with Crippen molar-refractivity contribution in [3.8, 4) is 16.3 Å². The smallest absolute Gasteiger partial charge is 0.416 e. The molecule has 0 bridgehead atoms. The summed E-state index contributed by atoms with van der Waals surface area (Å²) in [7, 11) is 0. The number of nitroso groups, excluding NO2 is 1. The molecule has 1 aromatic heterocycles. The summed E-state index contributed by atoms with van der Waals surface area (Å²) in [5.74, 6) is -0.130. The Morgan fingerprint density at radius 1 is 1.15 bits per heavy atom. The zero-order valence-electron chi connectivity index (χ0n) is 18.7. The predicted octanol–water partition coefficient (Wildman–Crippen LogP) is 7.62. The molecule has 0 aliphatic carbocycles. The van der Waals surface area contributed by atoms with Gasteiger partial charge in [0.15, 0.2) is 0 Å². The lowest BCUT2D eigenvalue weighted by molar-refractivity contribution is -0.137. The molecule has 0 unspecified atom stereocenters. The number of aromatic nitrogens is 1. The average molecular weight is 507 g/mol. The van der Waals surface area contributed by atoms with Crippen LogP contribution in [0.1, 0.15) is 33.7 Å². The number of benzene rings is 2. The molecule has 3 rings (SSSR count). The van der Waals surface area contributed by atoms with E-state index in [0.29, 0.717) is 21.2 Å². The summed E-state index contributed by atoms with van der Waals surface area (Å²) < 4.78 is 44.5. The van der Waals surface area contributed by atoms with E-state index in [2.05, 4.69) is 16.7 Å². The summed E-state index contributed by atoms with van der Waals surface area (Å²) in [5, 5.41) is 3.02. The SMILES string of the molecule is C=C(CC(=O)N=O)Sc1c(C)ccc(OCc2sc(-c3ccc(C(F)(F)F)cc3)nc2C)c1C. The maximum atomic E-state index is 12.8. The number of ether oxygens (including phenoxy) is 1. The van der Waals surface area contributed by atoms with Gasteiger partial charge in [-0.2, -0.15) is 13.2 Å². The van der Waals surface area contributed by atoms with Gasteiger partial charge in [0.1, 0.15) is 17.4 Å². The van der Waals surface area contributed by atoms with Gasteiger partial charge in [-0.3, -0.25) is 4.79 Å². The highest BCUT2D eigenvalue weighted by Gasteiger charge is 2.30. The van der Waals surface area contributed by atoms with Gasteiger partial charge < -0.3 is 4.74 Å². The van der Waals surface area contributed by atoms with Gasteiger partial charge in [0.25, 0.3) is 5.91 Å². The van der Waals surface area contributed by atoms with Crippen LogP contribution in [0.2, 0.25) is 0 Å². The van der Waals surface area contributed by atoms with E-state index in [1.165, 1.54) is 35.2 Å². The van der Waals surface area contributed by atoms with Crippen LogP contribution >= 0.6 is 23.1 Å². The van der Waals surface area contributed by atoms with Crippen LogP contribution in [0.3, 0.4) is 0 Å². The maximum Gasteiger partial charge on any atom is 0.416 e. The number of hydrogen-bond donors (Lipinski definition) is 0. The van der Waals surface area contributed by atoms with E-state index < -0.39 is 17.6 Å². The Hall–Kier alpha value is -2.98. The average Bonchev–Trinajstić information content (AvgIpc) is 3.16. The Bertz CT molecular complexity index is 1240. The Labute approximate surface area is 203 Å². The summed E-state index contributed by atoms with van der Waals surface area (Å²) in [6.45, 7) is 9.73. The molecule has 2 aromatic carbocycles. The zero-order valence-corrected chi connectivity index (χ0v) is 20.3. The number of aryl methyl sites for hydroxylation is 2. The van der Waals surface area contributed by atoms with Crippen LogP contribution in [0.15, 0.2) is 58.0 Å². The first-order valence-electron chi connectivity index (χ1n) is 10.1. The second kappa shape index (κ2) is 10.5. The van der Waals surface area contributed by atoms with Crippen molar-refractivity contribution in [3.63, 3.8) is 0 Å². The summed E-state index contributed by atoms with van der Waals surface area (Å²) in [4.78, 5) is 28.4. The minimum Gasteiger partial charge on any atom is -0.488 e. The topological polar surface area (TPSA) is 68.6 Å². The van der Waals surface area contributed by atoms with E-state index in [0.717, 1.165) is 38.7 Å². The molecule has 0 aliphatic heterocycles. The van der Waals surface area contributed by atoms with Crippen LogP contribution in [-0.2, 0) is 17.6 Å². The van der Waals surface area contributed by atoms with Gasteiger partial charge in [-0.05, 0) is 49.4 Å². The molecule has 1 amide bonds. The second-order valence-corrected chi connectivity index (χ2v) is 9.80. The molecule has 5 nitrogen and oxygen atoms in total. The van der Waals surface area contributed by atoms with Gasteiger partial charge in [0, 0.05) is 21.2 Å². The molecule has 0 aliphatic rings. The Morgan fingerprint density at radius 2 is 1.82 bits per heavy atom. The van der Waals surface area contributed by atoms with Crippen molar-refractivity contribution in [2.75, 3.05) is 0 Å². The third-order valence-electron chi connectivity index (χ3n) is 4.96. The monoisotopic (exact) mass is 506 g/mol. The van der Waals surface area contributed by atoms with Gasteiger partial charge in [0.2, 0.25) is 0 Å². The molecule has 178 valence electrons. The molecule has 34 heavy (non-hydrogen) atoms. The summed E-state index contributed by atoms with van der Waals surface area (Å²) in [6, 6.07) is 8.66. The molecule has 0 radical (unpaired) electrons. The Balaban J connectivity index is 1.74. The highest BCUT2D eigenvalue weighted by atomic mass is 32.2. The number of thioether (sulfide) groups is 1. The summed E-state index contributed by atoms with van der Waals surface area (Å²) in [5.41, 5.74) is 2.48. The minimum absolute atomic E-state index is 0.134. The van der Waals surface area contributed by atoms with Gasteiger partial charge >= 0.3 is 6.18 Å². The van der Waals surface area contributed by atoms with Gasteiger partial charge in [0.05, 0.1) is 22.6 Å². The third-order valence-corrected chi connectivity index (χ3v) is 7.41. The molecule has 0 fully saturated rings.